The number of aliphatic hydroxyl groups is 1. The number of nitrogens with zero attached hydrogens (tertiary/aromatic N) is 3. The lowest BCUT2D eigenvalue weighted by atomic mass is 9.95. The summed E-state index contributed by atoms with van der Waals surface area (Å²) in [4.78, 5) is 31.8. The number of aryl methyl sites for hydroxylation is 1. The van der Waals surface area contributed by atoms with Gasteiger partial charge in [0.15, 0.2) is 0 Å². The molecule has 2 aromatic carbocycles. The maximum Gasteiger partial charge on any atom is 0.295 e. The molecule has 34 heavy (non-hydrogen) atoms. The van der Waals surface area contributed by atoms with Crippen molar-refractivity contribution in [1.29, 1.82) is 0 Å². The van der Waals surface area contributed by atoms with E-state index in [9.17, 15) is 14.7 Å². The number of halogens is 1. The zero-order valence-corrected chi connectivity index (χ0v) is 20.6. The fraction of sp³-hybridized carbons (Fsp3) is 0.269. The molecule has 0 bridgehead atoms. The Morgan fingerprint density at radius 2 is 1.79 bits per heavy atom. The van der Waals surface area contributed by atoms with Crippen molar-refractivity contribution in [3.63, 3.8) is 0 Å². The minimum atomic E-state index is -0.695. The van der Waals surface area contributed by atoms with Crippen LogP contribution in [0.1, 0.15) is 37.4 Å². The number of ether oxygens (including phenoxy) is 1. The van der Waals surface area contributed by atoms with Crippen LogP contribution in [0.15, 0.2) is 77.3 Å². The van der Waals surface area contributed by atoms with Crippen molar-refractivity contribution in [3.8, 4) is 5.75 Å². The van der Waals surface area contributed by atoms with E-state index in [2.05, 4.69) is 20.9 Å². The number of rotatable bonds is 8. The molecule has 4 rings (SSSR count). The quantitative estimate of drug-likeness (QED) is 0.256. The van der Waals surface area contributed by atoms with Gasteiger partial charge in [0.25, 0.3) is 11.7 Å². The summed E-state index contributed by atoms with van der Waals surface area (Å²) in [5.41, 5.74) is 1.30. The highest BCUT2D eigenvalue weighted by atomic mass is 79.9. The lowest BCUT2D eigenvalue weighted by Gasteiger charge is -2.25. The predicted molar refractivity (Wildman–Crippen MR) is 132 cm³/mol. The summed E-state index contributed by atoms with van der Waals surface area (Å²) in [5.74, 6) is -0.786. The highest BCUT2D eigenvalue weighted by molar-refractivity contribution is 9.10. The van der Waals surface area contributed by atoms with Gasteiger partial charge in [-0.2, -0.15) is 0 Å². The molecule has 0 saturated carbocycles. The van der Waals surface area contributed by atoms with E-state index in [-0.39, 0.29) is 17.4 Å². The largest absolute Gasteiger partial charge is 0.507 e. The van der Waals surface area contributed by atoms with Gasteiger partial charge in [0, 0.05) is 35.5 Å². The number of carbonyl (C=O) groups is 2. The summed E-state index contributed by atoms with van der Waals surface area (Å²) < 4.78 is 8.51. The summed E-state index contributed by atoms with van der Waals surface area (Å²) in [5, 5.41) is 11.1. The molecule has 0 spiro atoms. The van der Waals surface area contributed by atoms with E-state index in [1.165, 1.54) is 0 Å². The number of imidazole rings is 1. The number of benzene rings is 2. The number of hydrogen-bond donors (Lipinski definition) is 1. The Kier molecular flexibility index (Phi) is 7.17. The van der Waals surface area contributed by atoms with Crippen LogP contribution in [0.2, 0.25) is 0 Å². The van der Waals surface area contributed by atoms with Crippen molar-refractivity contribution in [3.05, 3.63) is 88.4 Å². The van der Waals surface area contributed by atoms with Crippen LogP contribution in [0.25, 0.3) is 5.76 Å². The first-order valence-electron chi connectivity index (χ1n) is 11.1. The molecule has 1 aliphatic rings. The molecule has 1 aliphatic heterocycles. The van der Waals surface area contributed by atoms with Gasteiger partial charge in [0.05, 0.1) is 24.0 Å². The number of aromatic nitrogens is 2. The molecule has 1 saturated heterocycles. The molecule has 1 aromatic heterocycles. The molecular weight excluding hydrogens is 498 g/mol. The Balaban J connectivity index is 1.71. The zero-order valence-electron chi connectivity index (χ0n) is 19.0. The normalized spacial score (nSPS) is 17.5. The van der Waals surface area contributed by atoms with Gasteiger partial charge in [-0.1, -0.05) is 40.2 Å². The molecule has 8 heteroatoms. The fourth-order valence-electron chi connectivity index (χ4n) is 4.06. The van der Waals surface area contributed by atoms with E-state index in [1.807, 2.05) is 48.9 Å². The minimum absolute atomic E-state index is 0.0251. The maximum absolute atomic E-state index is 13.1. The Labute approximate surface area is 206 Å². The van der Waals surface area contributed by atoms with E-state index in [0.29, 0.717) is 30.8 Å². The van der Waals surface area contributed by atoms with E-state index in [1.54, 1.807) is 41.7 Å². The molecule has 3 aromatic rings. The van der Waals surface area contributed by atoms with E-state index < -0.39 is 17.7 Å². The van der Waals surface area contributed by atoms with Crippen molar-refractivity contribution in [1.82, 2.24) is 14.5 Å². The second kappa shape index (κ2) is 10.3. The summed E-state index contributed by atoms with van der Waals surface area (Å²) in [6.07, 6.45) is 5.92. The third kappa shape index (κ3) is 5.07. The number of amides is 1. The van der Waals surface area contributed by atoms with Crippen molar-refractivity contribution < 1.29 is 19.4 Å². The van der Waals surface area contributed by atoms with Gasteiger partial charge in [-0.15, -0.1) is 0 Å². The number of aliphatic hydroxyl groups excluding tert-OH is 1. The molecule has 1 N–H and O–H groups in total. The number of ketones is 1. The van der Waals surface area contributed by atoms with Crippen molar-refractivity contribution in [2.24, 2.45) is 0 Å². The van der Waals surface area contributed by atoms with Crippen molar-refractivity contribution in [2.45, 2.75) is 39.0 Å². The van der Waals surface area contributed by atoms with Gasteiger partial charge in [-0.05, 0) is 50.1 Å². The third-order valence-electron chi connectivity index (χ3n) is 5.60. The molecule has 1 atom stereocenters. The first kappa shape index (κ1) is 23.8. The first-order valence-corrected chi connectivity index (χ1v) is 11.9. The zero-order chi connectivity index (χ0) is 24.2. The van der Waals surface area contributed by atoms with Gasteiger partial charge >= 0.3 is 0 Å². The number of carbonyl (C=O) groups excluding carboxylic acids is 2. The number of hydrogen-bond acceptors (Lipinski definition) is 5. The molecule has 0 radical (unpaired) electrons. The molecule has 0 aliphatic carbocycles. The third-order valence-corrected chi connectivity index (χ3v) is 6.13. The van der Waals surface area contributed by atoms with E-state index in [0.717, 1.165) is 10.0 Å². The first-order chi connectivity index (χ1) is 16.3. The smallest absolute Gasteiger partial charge is 0.295 e. The fourth-order valence-corrected chi connectivity index (χ4v) is 4.33. The van der Waals surface area contributed by atoms with Crippen molar-refractivity contribution >= 4 is 33.4 Å². The monoisotopic (exact) mass is 523 g/mol. The minimum Gasteiger partial charge on any atom is -0.507 e. The Hall–Kier alpha value is -3.39. The van der Waals surface area contributed by atoms with E-state index >= 15 is 0 Å². The predicted octanol–water partition coefficient (Wildman–Crippen LogP) is 4.94. The van der Waals surface area contributed by atoms with Gasteiger partial charge in [-0.25, -0.2) is 4.98 Å². The van der Waals surface area contributed by atoms with Crippen LogP contribution in [0, 0.1) is 0 Å². The molecule has 1 unspecified atom stereocenters. The average molecular weight is 524 g/mol. The number of Topliss-reactive ketones (excluding diaryl/α,β-unsaturated/α-hetero) is 1. The van der Waals surface area contributed by atoms with E-state index in [4.69, 9.17) is 4.74 Å². The van der Waals surface area contributed by atoms with Crippen LogP contribution in [0.5, 0.6) is 5.75 Å². The highest BCUT2D eigenvalue weighted by Gasteiger charge is 2.45. The lowest BCUT2D eigenvalue weighted by Crippen LogP contribution is -2.31. The maximum atomic E-state index is 13.1. The molecule has 1 amide bonds. The lowest BCUT2D eigenvalue weighted by molar-refractivity contribution is -0.139. The van der Waals surface area contributed by atoms with Gasteiger partial charge < -0.3 is 19.3 Å². The van der Waals surface area contributed by atoms with Crippen LogP contribution < -0.4 is 4.74 Å². The van der Waals surface area contributed by atoms with Crippen LogP contribution in [-0.2, 0) is 16.1 Å². The van der Waals surface area contributed by atoms with Gasteiger partial charge in [0.1, 0.15) is 11.5 Å². The van der Waals surface area contributed by atoms with Crippen LogP contribution in [0.4, 0.5) is 0 Å². The topological polar surface area (TPSA) is 84.7 Å². The molecule has 176 valence electrons. The molecule has 2 heterocycles. The second-order valence-corrected chi connectivity index (χ2v) is 9.30. The Morgan fingerprint density at radius 1 is 1.09 bits per heavy atom. The van der Waals surface area contributed by atoms with Gasteiger partial charge in [-0.3, -0.25) is 9.59 Å². The molecule has 1 fully saturated rings. The summed E-state index contributed by atoms with van der Waals surface area (Å²) in [6, 6.07) is 13.6. The highest BCUT2D eigenvalue weighted by Crippen LogP contribution is 2.40. The Bertz CT molecular complexity index is 1190. The summed E-state index contributed by atoms with van der Waals surface area (Å²) in [6.45, 7) is 4.90. The van der Waals surface area contributed by atoms with Gasteiger partial charge in [0.2, 0.25) is 0 Å². The average Bonchev–Trinajstić information content (AvgIpc) is 3.42. The van der Waals surface area contributed by atoms with Crippen LogP contribution in [-0.4, -0.2) is 43.9 Å². The Morgan fingerprint density at radius 3 is 2.41 bits per heavy atom. The molecular formula is C26H26BrN3O4. The van der Waals surface area contributed by atoms with Crippen molar-refractivity contribution in [2.75, 3.05) is 6.54 Å². The summed E-state index contributed by atoms with van der Waals surface area (Å²) >= 11 is 3.38. The van der Waals surface area contributed by atoms with Crippen LogP contribution in [0.3, 0.4) is 0 Å². The SMILES string of the molecule is CC(C)Oc1ccc(C2C(=C(O)c3ccc(Br)cc3)C(=O)C(=O)N2CCCn2ccnc2)cc1. The standard InChI is InChI=1S/C26H26BrN3O4/c1-17(2)34-21-10-6-18(7-11-21)23-22(24(31)19-4-8-20(27)9-5-19)25(32)26(33)30(23)14-3-13-29-15-12-28-16-29/h4-12,15-17,23,31H,3,13-14H2,1-2H3. The van der Waals surface area contributed by atoms with Crippen LogP contribution >= 0.6 is 15.9 Å². The summed E-state index contributed by atoms with van der Waals surface area (Å²) in [7, 11) is 0. The molecule has 7 nitrogen and oxygen atoms in total. The second-order valence-electron chi connectivity index (χ2n) is 8.39. The number of likely N-dealkylation sites (tertiary alicyclic amines) is 1.